The Morgan fingerprint density at radius 2 is 2.12 bits per heavy atom. The molecular formula is C12H12F2N2S. The van der Waals surface area contributed by atoms with Gasteiger partial charge in [0.2, 0.25) is 0 Å². The molecular weight excluding hydrogens is 242 g/mol. The first-order valence-corrected chi connectivity index (χ1v) is 6.08. The van der Waals surface area contributed by atoms with Crippen molar-refractivity contribution in [2.24, 2.45) is 0 Å². The zero-order valence-electron chi connectivity index (χ0n) is 9.50. The molecule has 5 heteroatoms. The highest BCUT2D eigenvalue weighted by molar-refractivity contribution is 7.09. The smallest absolute Gasteiger partial charge is 0.149 e. The number of hydrogen-bond donors (Lipinski definition) is 1. The number of rotatable bonds is 3. The Hall–Kier alpha value is -1.49. The molecule has 0 fully saturated rings. The van der Waals surface area contributed by atoms with Crippen LogP contribution in [-0.2, 0) is 0 Å². The lowest BCUT2D eigenvalue weighted by Gasteiger charge is -2.13. The fraction of sp³-hybridized carbons (Fsp3) is 0.250. The van der Waals surface area contributed by atoms with Crippen molar-refractivity contribution >= 4 is 17.0 Å². The van der Waals surface area contributed by atoms with E-state index in [0.717, 1.165) is 16.8 Å². The molecule has 1 N–H and O–H groups in total. The molecule has 1 aromatic heterocycles. The molecule has 90 valence electrons. The molecule has 1 heterocycles. The summed E-state index contributed by atoms with van der Waals surface area (Å²) < 4.78 is 26.1. The van der Waals surface area contributed by atoms with Crippen LogP contribution in [0.1, 0.15) is 23.7 Å². The molecule has 0 aliphatic carbocycles. The third kappa shape index (κ3) is 2.79. The van der Waals surface area contributed by atoms with Gasteiger partial charge in [-0.25, -0.2) is 13.8 Å². The van der Waals surface area contributed by atoms with E-state index in [1.807, 2.05) is 19.2 Å². The molecule has 0 amide bonds. The Morgan fingerprint density at radius 1 is 1.35 bits per heavy atom. The summed E-state index contributed by atoms with van der Waals surface area (Å²) in [4.78, 5) is 4.31. The highest BCUT2D eigenvalue weighted by Gasteiger charge is 2.11. The summed E-state index contributed by atoms with van der Waals surface area (Å²) in [6.45, 7) is 3.80. The van der Waals surface area contributed by atoms with Crippen LogP contribution < -0.4 is 5.32 Å². The highest BCUT2D eigenvalue weighted by Crippen LogP contribution is 2.23. The molecule has 2 nitrogen and oxygen atoms in total. The molecule has 1 aromatic carbocycles. The standard InChI is InChI=1S/C12H12F2N2S/c1-7(12-6-17-8(2)16-12)15-11-4-3-9(13)5-10(11)14/h3-7,15H,1-2H3. The van der Waals surface area contributed by atoms with Gasteiger partial charge in [0.05, 0.1) is 22.4 Å². The number of nitrogens with zero attached hydrogens (tertiary/aromatic N) is 1. The second-order valence-corrected chi connectivity index (χ2v) is 4.84. The number of thiazole rings is 1. The van der Waals surface area contributed by atoms with Crippen LogP contribution in [0.3, 0.4) is 0 Å². The third-order valence-electron chi connectivity index (χ3n) is 2.38. The number of nitrogens with one attached hydrogen (secondary N) is 1. The molecule has 1 unspecified atom stereocenters. The molecule has 0 bridgehead atoms. The zero-order chi connectivity index (χ0) is 12.4. The van der Waals surface area contributed by atoms with Gasteiger partial charge in [0.1, 0.15) is 11.6 Å². The summed E-state index contributed by atoms with van der Waals surface area (Å²) in [6, 6.07) is 3.37. The van der Waals surface area contributed by atoms with Crippen molar-refractivity contribution in [3.63, 3.8) is 0 Å². The van der Waals surface area contributed by atoms with Crippen LogP contribution in [0.25, 0.3) is 0 Å². The predicted octanol–water partition coefficient (Wildman–Crippen LogP) is 3.90. The van der Waals surface area contributed by atoms with Crippen molar-refractivity contribution in [2.75, 3.05) is 5.32 Å². The van der Waals surface area contributed by atoms with Gasteiger partial charge in [-0.05, 0) is 26.0 Å². The number of aromatic nitrogens is 1. The van der Waals surface area contributed by atoms with Gasteiger partial charge in [0.15, 0.2) is 0 Å². The number of anilines is 1. The molecule has 0 aliphatic heterocycles. The van der Waals surface area contributed by atoms with Gasteiger partial charge < -0.3 is 5.32 Å². The van der Waals surface area contributed by atoms with Gasteiger partial charge in [0, 0.05) is 11.4 Å². The van der Waals surface area contributed by atoms with E-state index in [1.54, 1.807) is 11.3 Å². The fourth-order valence-electron chi connectivity index (χ4n) is 1.49. The van der Waals surface area contributed by atoms with Gasteiger partial charge in [-0.1, -0.05) is 0 Å². The van der Waals surface area contributed by atoms with Crippen LogP contribution in [-0.4, -0.2) is 4.98 Å². The van der Waals surface area contributed by atoms with Crippen LogP contribution >= 0.6 is 11.3 Å². The van der Waals surface area contributed by atoms with Crippen molar-refractivity contribution in [1.82, 2.24) is 4.98 Å². The quantitative estimate of drug-likeness (QED) is 0.898. The SMILES string of the molecule is Cc1nc(C(C)Nc2ccc(F)cc2F)cs1. The van der Waals surface area contributed by atoms with Crippen LogP contribution in [0.4, 0.5) is 14.5 Å². The van der Waals surface area contributed by atoms with E-state index in [4.69, 9.17) is 0 Å². The maximum absolute atomic E-state index is 13.4. The number of benzene rings is 1. The number of aryl methyl sites for hydroxylation is 1. The first-order chi connectivity index (χ1) is 8.06. The van der Waals surface area contributed by atoms with E-state index in [0.29, 0.717) is 0 Å². The molecule has 0 radical (unpaired) electrons. The Kier molecular flexibility index (Phi) is 3.38. The topological polar surface area (TPSA) is 24.9 Å². The van der Waals surface area contributed by atoms with E-state index in [1.165, 1.54) is 12.1 Å². The average Bonchev–Trinajstić information content (AvgIpc) is 2.69. The monoisotopic (exact) mass is 254 g/mol. The molecule has 1 atom stereocenters. The first-order valence-electron chi connectivity index (χ1n) is 5.20. The van der Waals surface area contributed by atoms with E-state index < -0.39 is 11.6 Å². The average molecular weight is 254 g/mol. The van der Waals surface area contributed by atoms with Crippen molar-refractivity contribution in [3.05, 3.63) is 45.9 Å². The summed E-state index contributed by atoms with van der Waals surface area (Å²) >= 11 is 1.55. The Bertz CT molecular complexity index is 525. The summed E-state index contributed by atoms with van der Waals surface area (Å²) in [6.07, 6.45) is 0. The minimum absolute atomic E-state index is 0.111. The Labute approximate surface area is 102 Å². The number of hydrogen-bond acceptors (Lipinski definition) is 3. The summed E-state index contributed by atoms with van der Waals surface area (Å²) in [5.74, 6) is -1.17. The number of halogens is 2. The van der Waals surface area contributed by atoms with E-state index in [-0.39, 0.29) is 11.7 Å². The lowest BCUT2D eigenvalue weighted by molar-refractivity contribution is 0.583. The molecule has 17 heavy (non-hydrogen) atoms. The van der Waals surface area contributed by atoms with Crippen LogP contribution in [0, 0.1) is 18.6 Å². The summed E-state index contributed by atoms with van der Waals surface area (Å²) in [5.41, 5.74) is 1.14. The lowest BCUT2D eigenvalue weighted by atomic mass is 10.2. The van der Waals surface area contributed by atoms with Gasteiger partial charge in [-0.15, -0.1) is 11.3 Å². The third-order valence-corrected chi connectivity index (χ3v) is 3.18. The van der Waals surface area contributed by atoms with E-state index in [9.17, 15) is 8.78 Å². The molecule has 0 saturated carbocycles. The highest BCUT2D eigenvalue weighted by atomic mass is 32.1. The Morgan fingerprint density at radius 3 is 2.71 bits per heavy atom. The first kappa shape index (κ1) is 12.0. The molecule has 2 rings (SSSR count). The molecule has 0 saturated heterocycles. The van der Waals surface area contributed by atoms with Crippen molar-refractivity contribution in [1.29, 1.82) is 0 Å². The molecule has 0 aliphatic rings. The van der Waals surface area contributed by atoms with Gasteiger partial charge in [-0.2, -0.15) is 0 Å². The van der Waals surface area contributed by atoms with Gasteiger partial charge >= 0.3 is 0 Å². The van der Waals surface area contributed by atoms with Crippen molar-refractivity contribution in [3.8, 4) is 0 Å². The van der Waals surface area contributed by atoms with E-state index >= 15 is 0 Å². The predicted molar refractivity (Wildman–Crippen MR) is 65.2 cm³/mol. The maximum Gasteiger partial charge on any atom is 0.149 e. The van der Waals surface area contributed by atoms with Crippen molar-refractivity contribution in [2.45, 2.75) is 19.9 Å². The minimum atomic E-state index is -0.594. The second kappa shape index (κ2) is 4.79. The lowest BCUT2D eigenvalue weighted by Crippen LogP contribution is -2.08. The maximum atomic E-state index is 13.4. The van der Waals surface area contributed by atoms with Gasteiger partial charge in [0.25, 0.3) is 0 Å². The summed E-state index contributed by atoms with van der Waals surface area (Å²) in [5, 5.41) is 5.86. The van der Waals surface area contributed by atoms with E-state index in [2.05, 4.69) is 10.3 Å². The van der Waals surface area contributed by atoms with Crippen molar-refractivity contribution < 1.29 is 8.78 Å². The molecule has 0 spiro atoms. The summed E-state index contributed by atoms with van der Waals surface area (Å²) in [7, 11) is 0. The molecule has 2 aromatic rings. The fourth-order valence-corrected chi connectivity index (χ4v) is 2.20. The van der Waals surface area contributed by atoms with Crippen LogP contribution in [0.2, 0.25) is 0 Å². The van der Waals surface area contributed by atoms with Gasteiger partial charge in [-0.3, -0.25) is 0 Å². The normalized spacial score (nSPS) is 12.5. The van der Waals surface area contributed by atoms with Crippen LogP contribution in [0.15, 0.2) is 23.6 Å². The zero-order valence-corrected chi connectivity index (χ0v) is 10.3. The Balaban J connectivity index is 2.15. The largest absolute Gasteiger partial charge is 0.375 e. The second-order valence-electron chi connectivity index (χ2n) is 3.78. The van der Waals surface area contributed by atoms with Crippen LogP contribution in [0.5, 0.6) is 0 Å². The minimum Gasteiger partial charge on any atom is -0.375 e.